The van der Waals surface area contributed by atoms with Gasteiger partial charge in [-0.1, -0.05) is 12.1 Å². The number of carboxylic acid groups (broad SMARTS) is 1. The van der Waals surface area contributed by atoms with Crippen LogP contribution in [0.15, 0.2) is 42.5 Å². The maximum absolute atomic E-state index is 13.7. The molecule has 3 N–H and O–H groups in total. The van der Waals surface area contributed by atoms with Gasteiger partial charge in [-0.2, -0.15) is 0 Å². The van der Waals surface area contributed by atoms with E-state index in [0.717, 1.165) is 11.6 Å². The fraction of sp³-hybridized carbons (Fsp3) is 0.133. The molecule has 0 radical (unpaired) electrons. The van der Waals surface area contributed by atoms with Crippen molar-refractivity contribution in [3.63, 3.8) is 0 Å². The van der Waals surface area contributed by atoms with E-state index in [4.69, 9.17) is 5.11 Å². The molecule has 0 fully saturated rings. The zero-order valence-corrected chi connectivity index (χ0v) is 10.8. The lowest BCUT2D eigenvalue weighted by atomic mass is 10.1. The van der Waals surface area contributed by atoms with Crippen LogP contribution in [0.3, 0.4) is 0 Å². The lowest BCUT2D eigenvalue weighted by Crippen LogP contribution is -2.09. The Kier molecular flexibility index (Phi) is 3.89. The summed E-state index contributed by atoms with van der Waals surface area (Å²) in [6, 6.07) is 9.87. The first-order valence-corrected chi connectivity index (χ1v) is 6.05. The van der Waals surface area contributed by atoms with Crippen LogP contribution in [-0.4, -0.2) is 16.2 Å². The minimum Gasteiger partial charge on any atom is -0.508 e. The van der Waals surface area contributed by atoms with Gasteiger partial charge < -0.3 is 15.5 Å². The van der Waals surface area contributed by atoms with Crippen LogP contribution in [-0.2, 0) is 0 Å². The number of aromatic carboxylic acids is 1. The van der Waals surface area contributed by atoms with Gasteiger partial charge in [0.25, 0.3) is 0 Å². The van der Waals surface area contributed by atoms with Crippen LogP contribution in [0.1, 0.15) is 28.9 Å². The molecule has 104 valence electrons. The molecule has 20 heavy (non-hydrogen) atoms. The maximum atomic E-state index is 13.7. The number of hydrogen-bond acceptors (Lipinski definition) is 3. The molecule has 1 atom stereocenters. The highest BCUT2D eigenvalue weighted by atomic mass is 19.1. The molecule has 4 nitrogen and oxygen atoms in total. The van der Waals surface area contributed by atoms with Crippen molar-refractivity contribution in [1.82, 2.24) is 0 Å². The largest absolute Gasteiger partial charge is 0.508 e. The predicted octanol–water partition coefficient (Wildman–Crippen LogP) is 3.40. The lowest BCUT2D eigenvalue weighted by molar-refractivity contribution is 0.0697. The Morgan fingerprint density at radius 3 is 2.45 bits per heavy atom. The molecule has 0 aliphatic heterocycles. The van der Waals surface area contributed by atoms with Gasteiger partial charge in [0.1, 0.15) is 11.6 Å². The standard InChI is InChI=1S/C15H14FNO3/c1-9(10-2-5-12(18)6-3-10)17-14-8-11(15(19)20)4-7-13(14)16/h2-9,17-18H,1H3,(H,19,20). The average molecular weight is 275 g/mol. The third-order valence-corrected chi connectivity index (χ3v) is 2.98. The first-order valence-electron chi connectivity index (χ1n) is 6.05. The molecular formula is C15H14FNO3. The number of phenolic OH excluding ortho intramolecular Hbond substituents is 1. The van der Waals surface area contributed by atoms with Crippen molar-refractivity contribution in [2.24, 2.45) is 0 Å². The Morgan fingerprint density at radius 2 is 1.85 bits per heavy atom. The highest BCUT2D eigenvalue weighted by Gasteiger charge is 2.11. The Hall–Kier alpha value is -2.56. The summed E-state index contributed by atoms with van der Waals surface area (Å²) >= 11 is 0. The number of rotatable bonds is 4. The number of carbonyl (C=O) groups is 1. The van der Waals surface area contributed by atoms with E-state index < -0.39 is 11.8 Å². The molecule has 2 rings (SSSR count). The summed E-state index contributed by atoms with van der Waals surface area (Å²) in [5.41, 5.74) is 1.00. The van der Waals surface area contributed by atoms with Crippen LogP contribution in [0.5, 0.6) is 5.75 Å². The van der Waals surface area contributed by atoms with E-state index in [1.54, 1.807) is 12.1 Å². The van der Waals surface area contributed by atoms with Gasteiger partial charge in [0.05, 0.1) is 11.3 Å². The minimum absolute atomic E-state index is 0.0202. The minimum atomic E-state index is -1.11. The summed E-state index contributed by atoms with van der Waals surface area (Å²) in [5.74, 6) is -1.47. The second-order valence-electron chi connectivity index (χ2n) is 4.46. The molecule has 5 heteroatoms. The van der Waals surface area contributed by atoms with Gasteiger partial charge in [-0.15, -0.1) is 0 Å². The monoisotopic (exact) mass is 275 g/mol. The molecule has 2 aromatic carbocycles. The number of benzene rings is 2. The zero-order chi connectivity index (χ0) is 14.7. The van der Waals surface area contributed by atoms with E-state index in [0.29, 0.717) is 0 Å². The second-order valence-corrected chi connectivity index (χ2v) is 4.46. The van der Waals surface area contributed by atoms with Crippen molar-refractivity contribution in [2.45, 2.75) is 13.0 Å². The molecule has 0 bridgehead atoms. The number of phenols is 1. The van der Waals surface area contributed by atoms with E-state index in [9.17, 15) is 14.3 Å². The fourth-order valence-corrected chi connectivity index (χ4v) is 1.85. The van der Waals surface area contributed by atoms with Crippen LogP contribution < -0.4 is 5.32 Å². The quantitative estimate of drug-likeness (QED) is 0.799. The molecular weight excluding hydrogens is 261 g/mol. The number of anilines is 1. The number of aromatic hydroxyl groups is 1. The molecule has 0 amide bonds. The number of nitrogens with one attached hydrogen (secondary N) is 1. The van der Waals surface area contributed by atoms with E-state index in [1.165, 1.54) is 24.3 Å². The van der Waals surface area contributed by atoms with Gasteiger partial charge in [0.2, 0.25) is 0 Å². The highest BCUT2D eigenvalue weighted by Crippen LogP contribution is 2.24. The summed E-state index contributed by atoms with van der Waals surface area (Å²) in [6.45, 7) is 1.82. The molecule has 0 aliphatic rings. The first-order chi connectivity index (χ1) is 9.47. The van der Waals surface area contributed by atoms with Gasteiger partial charge in [-0.25, -0.2) is 9.18 Å². The Bertz CT molecular complexity index is 626. The van der Waals surface area contributed by atoms with Crippen LogP contribution in [0.2, 0.25) is 0 Å². The smallest absolute Gasteiger partial charge is 0.335 e. The van der Waals surface area contributed by atoms with E-state index in [1.807, 2.05) is 6.92 Å². The van der Waals surface area contributed by atoms with Crippen molar-refractivity contribution in [2.75, 3.05) is 5.32 Å². The molecule has 0 aliphatic carbocycles. The Morgan fingerprint density at radius 1 is 1.20 bits per heavy atom. The third-order valence-electron chi connectivity index (χ3n) is 2.98. The normalized spacial score (nSPS) is 11.9. The summed E-state index contributed by atoms with van der Waals surface area (Å²) in [6.07, 6.45) is 0. The van der Waals surface area contributed by atoms with Gasteiger partial charge in [-0.3, -0.25) is 0 Å². The molecule has 0 saturated carbocycles. The molecule has 0 heterocycles. The third kappa shape index (κ3) is 3.06. The topological polar surface area (TPSA) is 69.6 Å². The van der Waals surface area contributed by atoms with E-state index in [-0.39, 0.29) is 23.0 Å². The van der Waals surface area contributed by atoms with Crippen LogP contribution in [0, 0.1) is 5.82 Å². The summed E-state index contributed by atoms with van der Waals surface area (Å²) in [7, 11) is 0. The highest BCUT2D eigenvalue weighted by molar-refractivity contribution is 5.88. The van der Waals surface area contributed by atoms with Crippen molar-refractivity contribution in [1.29, 1.82) is 0 Å². The van der Waals surface area contributed by atoms with Gasteiger partial charge in [-0.05, 0) is 42.8 Å². The van der Waals surface area contributed by atoms with Crippen molar-refractivity contribution in [3.05, 3.63) is 59.4 Å². The second kappa shape index (κ2) is 5.61. The van der Waals surface area contributed by atoms with Crippen molar-refractivity contribution < 1.29 is 19.4 Å². The van der Waals surface area contributed by atoms with Crippen LogP contribution >= 0.6 is 0 Å². The molecule has 2 aromatic rings. The van der Waals surface area contributed by atoms with Crippen LogP contribution in [0.4, 0.5) is 10.1 Å². The van der Waals surface area contributed by atoms with Gasteiger partial charge in [0, 0.05) is 6.04 Å². The van der Waals surface area contributed by atoms with Crippen LogP contribution in [0.25, 0.3) is 0 Å². The van der Waals surface area contributed by atoms with Crippen molar-refractivity contribution >= 4 is 11.7 Å². The number of halogens is 1. The summed E-state index contributed by atoms with van der Waals surface area (Å²) in [5, 5.41) is 21.0. The molecule has 0 aromatic heterocycles. The Labute approximate surface area is 115 Å². The lowest BCUT2D eigenvalue weighted by Gasteiger charge is -2.16. The maximum Gasteiger partial charge on any atom is 0.335 e. The summed E-state index contributed by atoms with van der Waals surface area (Å²) < 4.78 is 13.7. The molecule has 0 spiro atoms. The summed E-state index contributed by atoms with van der Waals surface area (Å²) in [4.78, 5) is 10.9. The zero-order valence-electron chi connectivity index (χ0n) is 10.8. The fourth-order valence-electron chi connectivity index (χ4n) is 1.85. The number of hydrogen-bond donors (Lipinski definition) is 3. The first kappa shape index (κ1) is 13.9. The molecule has 0 saturated heterocycles. The van der Waals surface area contributed by atoms with Gasteiger partial charge in [0.15, 0.2) is 0 Å². The predicted molar refractivity (Wildman–Crippen MR) is 73.5 cm³/mol. The van der Waals surface area contributed by atoms with Gasteiger partial charge >= 0.3 is 5.97 Å². The number of carboxylic acids is 1. The molecule has 1 unspecified atom stereocenters. The van der Waals surface area contributed by atoms with E-state index >= 15 is 0 Å². The average Bonchev–Trinajstić information content (AvgIpc) is 2.41. The Balaban J connectivity index is 2.22. The SMILES string of the molecule is CC(Nc1cc(C(=O)O)ccc1F)c1ccc(O)cc1. The van der Waals surface area contributed by atoms with Crippen molar-refractivity contribution in [3.8, 4) is 5.75 Å². The van der Waals surface area contributed by atoms with E-state index in [2.05, 4.69) is 5.32 Å².